The molecule has 0 aliphatic rings. The molecule has 0 aromatic carbocycles. The van der Waals surface area contributed by atoms with E-state index in [2.05, 4.69) is 10.1 Å². The molecular weight excluding hydrogens is 192 g/mol. The fourth-order valence-electron chi connectivity index (χ4n) is 1.57. The molecule has 0 bridgehead atoms. The predicted molar refractivity (Wildman–Crippen MR) is 58.4 cm³/mol. The first-order chi connectivity index (χ1) is 6.96. The highest BCUT2D eigenvalue weighted by Gasteiger charge is 2.23. The maximum Gasteiger partial charge on any atom is 0.138 e. The van der Waals surface area contributed by atoms with Crippen LogP contribution in [0, 0.1) is 0 Å². The maximum atomic E-state index is 10.0. The van der Waals surface area contributed by atoms with Crippen molar-refractivity contribution in [2.45, 2.75) is 45.3 Å². The molecule has 0 saturated carbocycles. The Labute approximate surface area is 90.3 Å². The summed E-state index contributed by atoms with van der Waals surface area (Å²) >= 11 is 0. The lowest BCUT2D eigenvalue weighted by atomic mass is 9.98. The van der Waals surface area contributed by atoms with E-state index in [9.17, 15) is 5.11 Å². The molecule has 1 heterocycles. The summed E-state index contributed by atoms with van der Waals surface area (Å²) in [7, 11) is 0. The SMILES string of the molecule is CC(C)n1ncnc1CC(C)(O)CCN. The van der Waals surface area contributed by atoms with Gasteiger partial charge in [0.05, 0.1) is 5.60 Å². The van der Waals surface area contributed by atoms with Crippen molar-refractivity contribution in [2.24, 2.45) is 5.73 Å². The number of aliphatic hydroxyl groups is 1. The Bertz CT molecular complexity index is 306. The quantitative estimate of drug-likeness (QED) is 0.745. The van der Waals surface area contributed by atoms with Gasteiger partial charge in [0, 0.05) is 12.5 Å². The molecule has 5 heteroatoms. The van der Waals surface area contributed by atoms with Gasteiger partial charge in [0.1, 0.15) is 12.2 Å². The van der Waals surface area contributed by atoms with E-state index in [4.69, 9.17) is 5.73 Å². The van der Waals surface area contributed by atoms with Crippen molar-refractivity contribution in [3.05, 3.63) is 12.2 Å². The Morgan fingerprint density at radius 3 is 2.80 bits per heavy atom. The molecule has 0 aliphatic carbocycles. The van der Waals surface area contributed by atoms with Crippen LogP contribution in [-0.4, -0.2) is 32.0 Å². The third-order valence-corrected chi connectivity index (χ3v) is 2.36. The van der Waals surface area contributed by atoms with Crippen LogP contribution in [-0.2, 0) is 6.42 Å². The highest BCUT2D eigenvalue weighted by Crippen LogP contribution is 2.16. The maximum absolute atomic E-state index is 10.0. The molecule has 5 nitrogen and oxygen atoms in total. The van der Waals surface area contributed by atoms with Gasteiger partial charge in [-0.15, -0.1) is 0 Å². The van der Waals surface area contributed by atoms with Crippen LogP contribution in [0.2, 0.25) is 0 Å². The molecule has 1 atom stereocenters. The lowest BCUT2D eigenvalue weighted by Gasteiger charge is -2.22. The minimum absolute atomic E-state index is 0.260. The first-order valence-corrected chi connectivity index (χ1v) is 5.27. The normalized spacial score (nSPS) is 15.6. The van der Waals surface area contributed by atoms with E-state index in [1.54, 1.807) is 6.92 Å². The smallest absolute Gasteiger partial charge is 0.138 e. The van der Waals surface area contributed by atoms with E-state index in [1.165, 1.54) is 6.33 Å². The summed E-state index contributed by atoms with van der Waals surface area (Å²) in [6.07, 6.45) is 2.58. The zero-order valence-electron chi connectivity index (χ0n) is 9.64. The zero-order valence-corrected chi connectivity index (χ0v) is 9.64. The summed E-state index contributed by atoms with van der Waals surface area (Å²) in [5, 5.41) is 14.2. The fourth-order valence-corrected chi connectivity index (χ4v) is 1.57. The number of hydrogen-bond donors (Lipinski definition) is 2. The highest BCUT2D eigenvalue weighted by molar-refractivity contribution is 4.94. The van der Waals surface area contributed by atoms with E-state index in [1.807, 2.05) is 18.5 Å². The van der Waals surface area contributed by atoms with Crippen molar-refractivity contribution in [1.29, 1.82) is 0 Å². The summed E-state index contributed by atoms with van der Waals surface area (Å²) < 4.78 is 1.82. The molecule has 1 aromatic heterocycles. The minimum Gasteiger partial charge on any atom is -0.390 e. The van der Waals surface area contributed by atoms with Gasteiger partial charge in [-0.3, -0.25) is 0 Å². The third kappa shape index (κ3) is 3.28. The molecule has 1 unspecified atom stereocenters. The van der Waals surface area contributed by atoms with Crippen LogP contribution in [0.25, 0.3) is 0 Å². The van der Waals surface area contributed by atoms with Crippen LogP contribution < -0.4 is 5.73 Å². The monoisotopic (exact) mass is 212 g/mol. The van der Waals surface area contributed by atoms with Crippen LogP contribution in [0.15, 0.2) is 6.33 Å². The second kappa shape index (κ2) is 4.72. The summed E-state index contributed by atoms with van der Waals surface area (Å²) in [6, 6.07) is 0.260. The molecule has 86 valence electrons. The van der Waals surface area contributed by atoms with E-state index in [0.29, 0.717) is 19.4 Å². The number of hydrogen-bond acceptors (Lipinski definition) is 4. The molecule has 0 fully saturated rings. The Kier molecular flexibility index (Phi) is 3.82. The second-order valence-corrected chi connectivity index (χ2v) is 4.43. The first kappa shape index (κ1) is 12.1. The summed E-state index contributed by atoms with van der Waals surface area (Å²) in [6.45, 7) is 6.33. The molecule has 0 spiro atoms. The van der Waals surface area contributed by atoms with E-state index in [0.717, 1.165) is 5.82 Å². The number of rotatable bonds is 5. The zero-order chi connectivity index (χ0) is 11.5. The Morgan fingerprint density at radius 2 is 2.27 bits per heavy atom. The molecular formula is C10H20N4O. The standard InChI is InChI=1S/C10H20N4O/c1-8(2)14-9(12-7-13-14)6-10(3,15)4-5-11/h7-8,15H,4-6,11H2,1-3H3. The van der Waals surface area contributed by atoms with Crippen LogP contribution in [0.4, 0.5) is 0 Å². The Hall–Kier alpha value is -0.940. The van der Waals surface area contributed by atoms with Gasteiger partial charge < -0.3 is 10.8 Å². The molecule has 0 aliphatic heterocycles. The lowest BCUT2D eigenvalue weighted by molar-refractivity contribution is 0.0504. The van der Waals surface area contributed by atoms with Gasteiger partial charge in [0.15, 0.2) is 0 Å². The van der Waals surface area contributed by atoms with Gasteiger partial charge in [0.2, 0.25) is 0 Å². The molecule has 0 amide bonds. The molecule has 1 rings (SSSR count). The summed E-state index contributed by atoms with van der Waals surface area (Å²) in [4.78, 5) is 4.16. The van der Waals surface area contributed by atoms with Gasteiger partial charge >= 0.3 is 0 Å². The van der Waals surface area contributed by atoms with Crippen molar-refractivity contribution < 1.29 is 5.11 Å². The molecule has 15 heavy (non-hydrogen) atoms. The van der Waals surface area contributed by atoms with Crippen molar-refractivity contribution in [2.75, 3.05) is 6.54 Å². The van der Waals surface area contributed by atoms with Crippen molar-refractivity contribution >= 4 is 0 Å². The summed E-state index contributed by atoms with van der Waals surface area (Å²) in [5.74, 6) is 0.809. The average Bonchev–Trinajstić information content (AvgIpc) is 2.50. The van der Waals surface area contributed by atoms with Crippen LogP contribution in [0.3, 0.4) is 0 Å². The van der Waals surface area contributed by atoms with Crippen molar-refractivity contribution in [1.82, 2.24) is 14.8 Å². The predicted octanol–water partition coefficient (Wildman–Crippen LogP) is 0.501. The minimum atomic E-state index is -0.797. The molecule has 3 N–H and O–H groups in total. The van der Waals surface area contributed by atoms with Crippen LogP contribution in [0.1, 0.15) is 39.1 Å². The van der Waals surface area contributed by atoms with Gasteiger partial charge in [0.25, 0.3) is 0 Å². The first-order valence-electron chi connectivity index (χ1n) is 5.27. The third-order valence-electron chi connectivity index (χ3n) is 2.36. The highest BCUT2D eigenvalue weighted by atomic mass is 16.3. The lowest BCUT2D eigenvalue weighted by Crippen LogP contribution is -2.32. The largest absolute Gasteiger partial charge is 0.390 e. The van der Waals surface area contributed by atoms with Crippen LogP contribution >= 0.6 is 0 Å². The second-order valence-electron chi connectivity index (χ2n) is 4.43. The molecule has 0 saturated heterocycles. The Morgan fingerprint density at radius 1 is 1.60 bits per heavy atom. The van der Waals surface area contributed by atoms with E-state index in [-0.39, 0.29) is 6.04 Å². The molecule has 0 radical (unpaired) electrons. The average molecular weight is 212 g/mol. The van der Waals surface area contributed by atoms with Crippen molar-refractivity contribution in [3.63, 3.8) is 0 Å². The number of nitrogens with zero attached hydrogens (tertiary/aromatic N) is 3. The van der Waals surface area contributed by atoms with Gasteiger partial charge in [-0.1, -0.05) is 0 Å². The molecule has 1 aromatic rings. The number of nitrogens with two attached hydrogens (primary N) is 1. The summed E-state index contributed by atoms with van der Waals surface area (Å²) in [5.41, 5.74) is 4.64. The van der Waals surface area contributed by atoms with E-state index >= 15 is 0 Å². The Balaban J connectivity index is 2.75. The van der Waals surface area contributed by atoms with E-state index < -0.39 is 5.60 Å². The number of aromatic nitrogens is 3. The van der Waals surface area contributed by atoms with Crippen LogP contribution in [0.5, 0.6) is 0 Å². The van der Waals surface area contributed by atoms with Gasteiger partial charge in [-0.05, 0) is 33.7 Å². The van der Waals surface area contributed by atoms with Gasteiger partial charge in [-0.2, -0.15) is 5.10 Å². The fraction of sp³-hybridized carbons (Fsp3) is 0.800. The van der Waals surface area contributed by atoms with Gasteiger partial charge in [-0.25, -0.2) is 9.67 Å². The topological polar surface area (TPSA) is 77.0 Å². The van der Waals surface area contributed by atoms with Crippen molar-refractivity contribution in [3.8, 4) is 0 Å².